The van der Waals surface area contributed by atoms with E-state index in [-0.39, 0.29) is 4.87 Å². The van der Waals surface area contributed by atoms with Gasteiger partial charge in [0.2, 0.25) is 0 Å². The lowest BCUT2D eigenvalue weighted by atomic mass is 10.4. The lowest BCUT2D eigenvalue weighted by Crippen LogP contribution is -2.24. The second-order valence-electron chi connectivity index (χ2n) is 6.75. The van der Waals surface area contributed by atoms with Crippen LogP contribution in [0, 0.1) is 0 Å². The molecule has 0 aromatic carbocycles. The predicted octanol–water partition coefficient (Wildman–Crippen LogP) is 4.51. The molecule has 0 N–H and O–H groups in total. The Balaban J connectivity index is 2.62. The maximum atomic E-state index is 6.57. The van der Waals surface area contributed by atoms with Crippen molar-refractivity contribution in [1.29, 1.82) is 0 Å². The van der Waals surface area contributed by atoms with E-state index in [9.17, 15) is 0 Å². The van der Waals surface area contributed by atoms with Gasteiger partial charge in [0.25, 0.3) is 0 Å². The van der Waals surface area contributed by atoms with Crippen molar-refractivity contribution in [3.05, 3.63) is 11.8 Å². The van der Waals surface area contributed by atoms with Gasteiger partial charge in [-0.05, 0) is 12.0 Å². The summed E-state index contributed by atoms with van der Waals surface area (Å²) in [7, 11) is -2.09. The summed E-state index contributed by atoms with van der Waals surface area (Å²) < 4.78 is 0. The second-order valence-corrected chi connectivity index (χ2v) is 17.9. The lowest BCUT2D eigenvalue weighted by molar-refractivity contribution is 1.15. The molecule has 0 aromatic rings. The van der Waals surface area contributed by atoms with Crippen LogP contribution in [0.2, 0.25) is 44.8 Å². The van der Waals surface area contributed by atoms with Gasteiger partial charge in [0.05, 0.1) is 12.9 Å². The van der Waals surface area contributed by atoms with E-state index in [1.807, 2.05) is 0 Å². The molecule has 0 unspecified atom stereocenters. The van der Waals surface area contributed by atoms with E-state index in [4.69, 9.17) is 11.6 Å². The van der Waals surface area contributed by atoms with E-state index in [2.05, 4.69) is 51.1 Å². The third-order valence-electron chi connectivity index (χ3n) is 2.84. The maximum absolute atomic E-state index is 6.57. The Hall–Kier alpha value is 0.464. The third kappa shape index (κ3) is 3.25. The van der Waals surface area contributed by atoms with Crippen molar-refractivity contribution in [1.82, 2.24) is 0 Å². The molecule has 1 fully saturated rings. The molecular formula is C11H23ClSi2. The summed E-state index contributed by atoms with van der Waals surface area (Å²) in [6, 6.07) is 0. The molecule has 1 rings (SSSR count). The van der Waals surface area contributed by atoms with Crippen LogP contribution in [0.1, 0.15) is 6.42 Å². The van der Waals surface area contributed by atoms with Gasteiger partial charge in [-0.2, -0.15) is 0 Å². The highest BCUT2D eigenvalue weighted by molar-refractivity contribution is 6.81. The quantitative estimate of drug-likeness (QED) is 0.508. The molecule has 0 saturated heterocycles. The molecule has 0 aliphatic heterocycles. The standard InChI is InChI=1S/C11H23ClSi2/c1-13(2,3)8-7-11(12)9-10(11)14(4,5)6/h7-8,10H,9H2,1-6H3/b8-7-/t10-,11+/m0/s1. The van der Waals surface area contributed by atoms with Crippen molar-refractivity contribution in [2.45, 2.75) is 56.1 Å². The van der Waals surface area contributed by atoms with E-state index in [1.165, 1.54) is 6.42 Å². The van der Waals surface area contributed by atoms with Gasteiger partial charge in [-0.25, -0.2) is 0 Å². The molecule has 1 aliphatic rings. The number of halogens is 1. The van der Waals surface area contributed by atoms with Crippen LogP contribution in [-0.2, 0) is 0 Å². The zero-order chi connectivity index (χ0) is 11.2. The summed E-state index contributed by atoms with van der Waals surface area (Å²) in [5.41, 5.74) is 3.20. The molecule has 0 nitrogen and oxygen atoms in total. The molecule has 0 aromatic heterocycles. The minimum absolute atomic E-state index is 0.0464. The van der Waals surface area contributed by atoms with Crippen molar-refractivity contribution in [2.24, 2.45) is 0 Å². The average Bonchev–Trinajstić information content (AvgIpc) is 2.57. The van der Waals surface area contributed by atoms with Crippen molar-refractivity contribution in [3.63, 3.8) is 0 Å². The fourth-order valence-electron chi connectivity index (χ4n) is 1.85. The Morgan fingerprint density at radius 1 is 1.14 bits per heavy atom. The van der Waals surface area contributed by atoms with E-state index in [0.29, 0.717) is 0 Å². The molecule has 0 amide bonds. The van der Waals surface area contributed by atoms with Gasteiger partial charge in [0.1, 0.15) is 0 Å². The summed E-state index contributed by atoms with van der Waals surface area (Å²) in [5, 5.41) is 0. The molecule has 0 bridgehead atoms. The van der Waals surface area contributed by atoms with Gasteiger partial charge < -0.3 is 0 Å². The van der Waals surface area contributed by atoms with Crippen molar-refractivity contribution in [2.75, 3.05) is 0 Å². The Morgan fingerprint density at radius 2 is 1.64 bits per heavy atom. The van der Waals surface area contributed by atoms with Crippen LogP contribution in [-0.4, -0.2) is 21.0 Å². The summed E-state index contributed by atoms with van der Waals surface area (Å²) in [6.45, 7) is 14.3. The summed E-state index contributed by atoms with van der Waals surface area (Å²) >= 11 is 6.57. The minimum atomic E-state index is -1.07. The summed E-state index contributed by atoms with van der Waals surface area (Å²) in [6.07, 6.45) is 3.52. The Bertz CT molecular complexity index is 247. The number of rotatable bonds is 3. The van der Waals surface area contributed by atoms with Gasteiger partial charge in [0, 0.05) is 8.07 Å². The molecule has 0 radical (unpaired) electrons. The number of hydrogen-bond donors (Lipinski definition) is 0. The monoisotopic (exact) mass is 246 g/mol. The zero-order valence-corrected chi connectivity index (χ0v) is 13.1. The first-order valence-corrected chi connectivity index (χ1v) is 13.0. The smallest absolute Gasteiger partial charge is 0.0683 e. The highest BCUT2D eigenvalue weighted by Gasteiger charge is 2.56. The van der Waals surface area contributed by atoms with Gasteiger partial charge >= 0.3 is 0 Å². The zero-order valence-electron chi connectivity index (χ0n) is 10.3. The van der Waals surface area contributed by atoms with Crippen molar-refractivity contribution in [3.8, 4) is 0 Å². The van der Waals surface area contributed by atoms with Crippen molar-refractivity contribution < 1.29 is 0 Å². The first-order valence-electron chi connectivity index (χ1n) is 5.44. The van der Waals surface area contributed by atoms with E-state index < -0.39 is 16.1 Å². The Morgan fingerprint density at radius 3 is 1.93 bits per heavy atom. The highest BCUT2D eigenvalue weighted by Crippen LogP contribution is 2.61. The van der Waals surface area contributed by atoms with E-state index >= 15 is 0 Å². The molecule has 3 heteroatoms. The first kappa shape index (κ1) is 12.5. The van der Waals surface area contributed by atoms with Crippen LogP contribution in [0.25, 0.3) is 0 Å². The first-order chi connectivity index (χ1) is 6.05. The van der Waals surface area contributed by atoms with Crippen LogP contribution in [0.4, 0.5) is 0 Å². The number of alkyl halides is 1. The van der Waals surface area contributed by atoms with Crippen LogP contribution < -0.4 is 0 Å². The van der Waals surface area contributed by atoms with Crippen LogP contribution in [0.5, 0.6) is 0 Å². The predicted molar refractivity (Wildman–Crippen MR) is 72.8 cm³/mol. The van der Waals surface area contributed by atoms with E-state index in [0.717, 1.165) is 5.54 Å². The normalized spacial score (nSPS) is 33.8. The maximum Gasteiger partial charge on any atom is 0.0683 e. The molecule has 0 heterocycles. The average molecular weight is 247 g/mol. The number of hydrogen-bond acceptors (Lipinski definition) is 0. The Labute approximate surface area is 95.8 Å². The second kappa shape index (κ2) is 3.49. The molecular weight excluding hydrogens is 224 g/mol. The third-order valence-corrected chi connectivity index (χ3v) is 7.55. The molecule has 82 valence electrons. The lowest BCUT2D eigenvalue weighted by Gasteiger charge is -2.18. The van der Waals surface area contributed by atoms with E-state index in [1.54, 1.807) is 0 Å². The SMILES string of the molecule is C[Si](C)(C)/C=C\[C@@]1(Cl)C[C@@H]1[Si](C)(C)C. The highest BCUT2D eigenvalue weighted by atomic mass is 35.5. The molecule has 2 atom stereocenters. The van der Waals surface area contributed by atoms with Gasteiger partial charge in [-0.3, -0.25) is 0 Å². The van der Waals surface area contributed by atoms with Gasteiger partial charge in [0.15, 0.2) is 0 Å². The number of allylic oxidation sites excluding steroid dienone is 1. The minimum Gasteiger partial charge on any atom is -0.115 e. The fraction of sp³-hybridized carbons (Fsp3) is 0.818. The van der Waals surface area contributed by atoms with Crippen LogP contribution >= 0.6 is 11.6 Å². The van der Waals surface area contributed by atoms with Crippen molar-refractivity contribution >= 4 is 27.7 Å². The largest absolute Gasteiger partial charge is 0.115 e. The van der Waals surface area contributed by atoms with Gasteiger partial charge in [-0.15, -0.1) is 11.6 Å². The molecule has 1 aliphatic carbocycles. The summed E-state index contributed by atoms with van der Waals surface area (Å²) in [4.78, 5) is 0.0464. The Kier molecular flexibility index (Phi) is 3.13. The molecule has 14 heavy (non-hydrogen) atoms. The van der Waals surface area contributed by atoms with Crippen LogP contribution in [0.3, 0.4) is 0 Å². The summed E-state index contributed by atoms with van der Waals surface area (Å²) in [5.74, 6) is 0. The van der Waals surface area contributed by atoms with Gasteiger partial charge in [-0.1, -0.05) is 51.1 Å². The topological polar surface area (TPSA) is 0 Å². The van der Waals surface area contributed by atoms with Crippen LogP contribution in [0.15, 0.2) is 11.8 Å². The fourth-order valence-corrected chi connectivity index (χ4v) is 6.57. The molecule has 1 saturated carbocycles. The molecule has 0 spiro atoms.